The average Bonchev–Trinajstić information content (AvgIpc) is 2.18. The van der Waals surface area contributed by atoms with Crippen molar-refractivity contribution in [2.45, 2.75) is 13.3 Å². The van der Waals surface area contributed by atoms with Gasteiger partial charge in [0.25, 0.3) is 0 Å². The highest BCUT2D eigenvalue weighted by atomic mass is 19.3. The zero-order valence-corrected chi connectivity index (χ0v) is 7.56. The summed E-state index contributed by atoms with van der Waals surface area (Å²) in [5.74, 6) is 0.0784. The van der Waals surface area contributed by atoms with Gasteiger partial charge in [0.05, 0.1) is 0 Å². The number of ether oxygens (including phenoxy) is 1. The largest absolute Gasteiger partial charge is 0.428 e. The maximum Gasteiger partial charge on any atom is 0.344 e. The molecule has 14 heavy (non-hydrogen) atoms. The van der Waals surface area contributed by atoms with Crippen LogP contribution in [0.3, 0.4) is 0 Å². The summed E-state index contributed by atoms with van der Waals surface area (Å²) >= 11 is 0. The SMILES string of the molecule is CCc1cccc(OC(F)=C(F)F)c1. The lowest BCUT2D eigenvalue weighted by atomic mass is 10.2. The van der Waals surface area contributed by atoms with Crippen LogP contribution in [-0.2, 0) is 6.42 Å². The molecule has 0 radical (unpaired) electrons. The van der Waals surface area contributed by atoms with Gasteiger partial charge >= 0.3 is 12.1 Å². The minimum atomic E-state index is -2.45. The molecule has 76 valence electrons. The molecule has 0 fully saturated rings. The van der Waals surface area contributed by atoms with E-state index in [0.717, 1.165) is 12.0 Å². The molecule has 0 N–H and O–H groups in total. The smallest absolute Gasteiger partial charge is 0.344 e. The van der Waals surface area contributed by atoms with Crippen LogP contribution in [0.5, 0.6) is 5.75 Å². The highest BCUT2D eigenvalue weighted by molar-refractivity contribution is 5.29. The summed E-state index contributed by atoms with van der Waals surface area (Å²) in [6.45, 7) is 1.90. The summed E-state index contributed by atoms with van der Waals surface area (Å²) in [7, 11) is 0. The molecule has 1 aromatic carbocycles. The predicted molar refractivity (Wildman–Crippen MR) is 46.8 cm³/mol. The zero-order valence-electron chi connectivity index (χ0n) is 7.56. The molecule has 0 heterocycles. The first-order valence-corrected chi connectivity index (χ1v) is 4.11. The van der Waals surface area contributed by atoms with E-state index in [1.165, 1.54) is 12.1 Å². The Kier molecular flexibility index (Phi) is 3.56. The predicted octanol–water partition coefficient (Wildman–Crippen LogP) is 3.66. The van der Waals surface area contributed by atoms with Gasteiger partial charge in [0.1, 0.15) is 5.75 Å². The maximum atomic E-state index is 12.4. The van der Waals surface area contributed by atoms with Crippen molar-refractivity contribution in [3.63, 3.8) is 0 Å². The third-order valence-corrected chi connectivity index (χ3v) is 1.66. The second kappa shape index (κ2) is 4.69. The Morgan fingerprint density at radius 1 is 1.29 bits per heavy atom. The van der Waals surface area contributed by atoms with Gasteiger partial charge in [-0.05, 0) is 24.1 Å². The van der Waals surface area contributed by atoms with Crippen LogP contribution >= 0.6 is 0 Å². The molecule has 0 aromatic heterocycles. The van der Waals surface area contributed by atoms with E-state index in [4.69, 9.17) is 0 Å². The Hall–Kier alpha value is -1.45. The molecule has 0 saturated carbocycles. The van der Waals surface area contributed by atoms with Crippen molar-refractivity contribution in [3.8, 4) is 5.75 Å². The normalized spacial score (nSPS) is 9.71. The van der Waals surface area contributed by atoms with Gasteiger partial charge in [-0.1, -0.05) is 19.1 Å². The molecular weight excluding hydrogens is 193 g/mol. The van der Waals surface area contributed by atoms with Crippen LogP contribution in [0.15, 0.2) is 36.4 Å². The molecule has 0 saturated heterocycles. The lowest BCUT2D eigenvalue weighted by molar-refractivity contribution is 0.241. The van der Waals surface area contributed by atoms with E-state index < -0.39 is 12.1 Å². The fraction of sp³-hybridized carbons (Fsp3) is 0.200. The average molecular weight is 202 g/mol. The van der Waals surface area contributed by atoms with Crippen molar-refractivity contribution < 1.29 is 17.9 Å². The van der Waals surface area contributed by atoms with E-state index in [1.807, 2.05) is 6.92 Å². The third-order valence-electron chi connectivity index (χ3n) is 1.66. The summed E-state index contributed by atoms with van der Waals surface area (Å²) in [4.78, 5) is 0. The fourth-order valence-corrected chi connectivity index (χ4v) is 0.971. The molecule has 0 spiro atoms. The number of rotatable bonds is 3. The second-order valence-electron chi connectivity index (χ2n) is 2.64. The Balaban J connectivity index is 2.82. The van der Waals surface area contributed by atoms with E-state index in [2.05, 4.69) is 4.74 Å². The molecule has 0 atom stereocenters. The number of halogens is 3. The van der Waals surface area contributed by atoms with Gasteiger partial charge in [0.2, 0.25) is 0 Å². The molecule has 1 nitrogen and oxygen atoms in total. The van der Waals surface area contributed by atoms with Crippen molar-refractivity contribution in [3.05, 3.63) is 41.9 Å². The molecule has 0 bridgehead atoms. The molecule has 1 aromatic rings. The minimum Gasteiger partial charge on any atom is -0.428 e. The van der Waals surface area contributed by atoms with E-state index in [0.29, 0.717) is 0 Å². The highest BCUT2D eigenvalue weighted by Gasteiger charge is 2.07. The van der Waals surface area contributed by atoms with Gasteiger partial charge in [0, 0.05) is 0 Å². The van der Waals surface area contributed by atoms with Gasteiger partial charge < -0.3 is 4.74 Å². The monoisotopic (exact) mass is 202 g/mol. The van der Waals surface area contributed by atoms with Crippen LogP contribution in [0.4, 0.5) is 13.2 Å². The Bertz CT molecular complexity index is 343. The lowest BCUT2D eigenvalue weighted by Crippen LogP contribution is -1.91. The summed E-state index contributed by atoms with van der Waals surface area (Å²) in [6.07, 6.45) is -1.72. The first kappa shape index (κ1) is 10.6. The van der Waals surface area contributed by atoms with Crippen LogP contribution in [0.25, 0.3) is 0 Å². The van der Waals surface area contributed by atoms with Crippen molar-refractivity contribution in [1.82, 2.24) is 0 Å². The van der Waals surface area contributed by atoms with Crippen LogP contribution in [0, 0.1) is 0 Å². The van der Waals surface area contributed by atoms with Gasteiger partial charge in [-0.15, -0.1) is 0 Å². The van der Waals surface area contributed by atoms with Gasteiger partial charge in [-0.25, -0.2) is 0 Å². The van der Waals surface area contributed by atoms with Crippen molar-refractivity contribution in [1.29, 1.82) is 0 Å². The van der Waals surface area contributed by atoms with Crippen molar-refractivity contribution >= 4 is 0 Å². The number of hydrogen-bond acceptors (Lipinski definition) is 1. The first-order chi connectivity index (χ1) is 6.63. The molecule has 4 heteroatoms. The van der Waals surface area contributed by atoms with Gasteiger partial charge in [-0.3, -0.25) is 0 Å². The topological polar surface area (TPSA) is 9.23 Å². The summed E-state index contributed by atoms with van der Waals surface area (Å²) in [6, 6.07) is 4.51. The molecule has 0 unspecified atom stereocenters. The number of aryl methyl sites for hydroxylation is 1. The molecular formula is C10H9F3O. The van der Waals surface area contributed by atoms with E-state index in [9.17, 15) is 13.2 Å². The van der Waals surface area contributed by atoms with Crippen molar-refractivity contribution in [2.75, 3.05) is 0 Å². The quantitative estimate of drug-likeness (QED) is 0.679. The molecule has 1 rings (SSSR count). The Labute approximate surface area is 79.8 Å². The van der Waals surface area contributed by atoms with E-state index in [-0.39, 0.29) is 5.75 Å². The molecule has 0 aliphatic rings. The van der Waals surface area contributed by atoms with Gasteiger partial charge in [0.15, 0.2) is 0 Å². The zero-order chi connectivity index (χ0) is 10.6. The van der Waals surface area contributed by atoms with Crippen molar-refractivity contribution in [2.24, 2.45) is 0 Å². The molecule has 0 aliphatic heterocycles. The Morgan fingerprint density at radius 3 is 2.57 bits per heavy atom. The van der Waals surface area contributed by atoms with E-state index >= 15 is 0 Å². The lowest BCUT2D eigenvalue weighted by Gasteiger charge is -2.03. The number of benzene rings is 1. The standard InChI is InChI=1S/C10H9F3O/c1-2-7-4-3-5-8(6-7)14-10(13)9(11)12/h3-6H,2H2,1H3. The highest BCUT2D eigenvalue weighted by Crippen LogP contribution is 2.19. The van der Waals surface area contributed by atoms with Crippen LogP contribution in [0.1, 0.15) is 12.5 Å². The summed E-state index contributed by atoms with van der Waals surface area (Å²) < 4.78 is 40.0. The second-order valence-corrected chi connectivity index (χ2v) is 2.64. The minimum absolute atomic E-state index is 0.0784. The molecule has 0 amide bonds. The molecule has 0 aliphatic carbocycles. The first-order valence-electron chi connectivity index (χ1n) is 4.11. The number of hydrogen-bond donors (Lipinski definition) is 0. The van der Waals surface area contributed by atoms with E-state index in [1.54, 1.807) is 12.1 Å². The maximum absolute atomic E-state index is 12.4. The van der Waals surface area contributed by atoms with Crippen LogP contribution in [-0.4, -0.2) is 0 Å². The summed E-state index contributed by atoms with van der Waals surface area (Å²) in [5.41, 5.74) is 0.898. The van der Waals surface area contributed by atoms with Crippen LogP contribution in [0.2, 0.25) is 0 Å². The fourth-order valence-electron chi connectivity index (χ4n) is 0.971. The Morgan fingerprint density at radius 2 is 2.00 bits per heavy atom. The van der Waals surface area contributed by atoms with Gasteiger partial charge in [-0.2, -0.15) is 13.2 Å². The third kappa shape index (κ3) is 2.80. The summed E-state index contributed by atoms with van der Waals surface area (Å²) in [5, 5.41) is 0. The van der Waals surface area contributed by atoms with Crippen LogP contribution < -0.4 is 4.74 Å².